The summed E-state index contributed by atoms with van der Waals surface area (Å²) in [5, 5.41) is 4.97. The van der Waals surface area contributed by atoms with Gasteiger partial charge in [0.15, 0.2) is 0 Å². The monoisotopic (exact) mass is 327 g/mol. The minimum absolute atomic E-state index is 0.126. The van der Waals surface area contributed by atoms with E-state index in [-0.39, 0.29) is 5.56 Å². The average molecular weight is 327 g/mol. The lowest BCUT2D eigenvalue weighted by atomic mass is 10.2. The van der Waals surface area contributed by atoms with Gasteiger partial charge in [-0.05, 0) is 56.2 Å². The molecule has 3 aromatic rings. The zero-order chi connectivity index (χ0) is 16.6. The standard InChI is InChI=1S/C17H17N3O2S/c1-10-11(2)23-16-15(10)17(21)20(12(3)19-16)18-9-13-5-7-14(22-4)8-6-13/h5-9H,1-4H3/b18-9-. The lowest BCUT2D eigenvalue weighted by Crippen LogP contribution is -2.20. The van der Waals surface area contributed by atoms with Crippen LogP contribution < -0.4 is 10.3 Å². The molecule has 0 aliphatic carbocycles. The zero-order valence-corrected chi connectivity index (χ0v) is 14.3. The zero-order valence-electron chi connectivity index (χ0n) is 13.5. The summed E-state index contributed by atoms with van der Waals surface area (Å²) in [5.41, 5.74) is 1.74. The summed E-state index contributed by atoms with van der Waals surface area (Å²) in [7, 11) is 1.62. The van der Waals surface area contributed by atoms with Gasteiger partial charge in [0.2, 0.25) is 0 Å². The Labute approximate surface area is 137 Å². The highest BCUT2D eigenvalue weighted by Gasteiger charge is 2.14. The fourth-order valence-corrected chi connectivity index (χ4v) is 3.40. The van der Waals surface area contributed by atoms with Crippen LogP contribution >= 0.6 is 11.3 Å². The van der Waals surface area contributed by atoms with Crippen LogP contribution in [-0.2, 0) is 0 Å². The Morgan fingerprint density at radius 1 is 1.22 bits per heavy atom. The predicted octanol–water partition coefficient (Wildman–Crippen LogP) is 3.27. The average Bonchev–Trinajstić information content (AvgIpc) is 2.82. The third kappa shape index (κ3) is 2.77. The quantitative estimate of drug-likeness (QED) is 0.694. The van der Waals surface area contributed by atoms with E-state index < -0.39 is 0 Å². The number of hydrogen-bond acceptors (Lipinski definition) is 5. The maximum absolute atomic E-state index is 12.7. The van der Waals surface area contributed by atoms with E-state index in [1.165, 1.54) is 4.68 Å². The van der Waals surface area contributed by atoms with E-state index in [1.54, 1.807) is 31.6 Å². The Kier molecular flexibility index (Phi) is 4.00. The number of thiophene rings is 1. The molecular formula is C17H17N3O2S. The Morgan fingerprint density at radius 2 is 1.91 bits per heavy atom. The molecule has 0 spiro atoms. The van der Waals surface area contributed by atoms with Gasteiger partial charge in [-0.1, -0.05) is 0 Å². The molecule has 0 unspecified atom stereocenters. The van der Waals surface area contributed by atoms with Crippen molar-refractivity contribution in [2.24, 2.45) is 5.10 Å². The molecule has 0 aliphatic heterocycles. The van der Waals surface area contributed by atoms with Crippen molar-refractivity contribution >= 4 is 27.8 Å². The van der Waals surface area contributed by atoms with Gasteiger partial charge in [0.1, 0.15) is 16.4 Å². The van der Waals surface area contributed by atoms with Gasteiger partial charge in [-0.2, -0.15) is 9.78 Å². The first-order valence-electron chi connectivity index (χ1n) is 7.19. The Bertz CT molecular complexity index is 953. The van der Waals surface area contributed by atoms with Crippen molar-refractivity contribution in [2.45, 2.75) is 20.8 Å². The molecule has 0 saturated heterocycles. The first kappa shape index (κ1) is 15.4. The normalized spacial score (nSPS) is 11.5. The van der Waals surface area contributed by atoms with E-state index in [0.29, 0.717) is 11.2 Å². The fourth-order valence-electron chi connectivity index (χ4n) is 2.34. The minimum Gasteiger partial charge on any atom is -0.497 e. The van der Waals surface area contributed by atoms with E-state index in [4.69, 9.17) is 4.74 Å². The maximum Gasteiger partial charge on any atom is 0.283 e. The fraction of sp³-hybridized carbons (Fsp3) is 0.235. The molecule has 0 bridgehead atoms. The molecule has 23 heavy (non-hydrogen) atoms. The van der Waals surface area contributed by atoms with Crippen LogP contribution in [0.15, 0.2) is 34.2 Å². The van der Waals surface area contributed by atoms with Gasteiger partial charge < -0.3 is 4.74 Å². The first-order chi connectivity index (χ1) is 11.0. The van der Waals surface area contributed by atoms with Gasteiger partial charge in [0.25, 0.3) is 5.56 Å². The second-order valence-electron chi connectivity index (χ2n) is 5.26. The number of fused-ring (bicyclic) bond motifs is 1. The maximum atomic E-state index is 12.7. The van der Waals surface area contributed by atoms with Gasteiger partial charge in [0.05, 0.1) is 18.7 Å². The molecule has 6 heteroatoms. The van der Waals surface area contributed by atoms with Crippen LogP contribution in [0.4, 0.5) is 0 Å². The summed E-state index contributed by atoms with van der Waals surface area (Å²) in [4.78, 5) is 19.1. The Balaban J connectivity index is 2.06. The molecule has 0 atom stereocenters. The molecule has 3 rings (SSSR count). The second kappa shape index (κ2) is 5.96. The lowest BCUT2D eigenvalue weighted by Gasteiger charge is -2.03. The van der Waals surface area contributed by atoms with Crippen molar-refractivity contribution in [3.63, 3.8) is 0 Å². The molecule has 2 heterocycles. The lowest BCUT2D eigenvalue weighted by molar-refractivity contribution is 0.415. The van der Waals surface area contributed by atoms with Crippen molar-refractivity contribution in [2.75, 3.05) is 7.11 Å². The van der Waals surface area contributed by atoms with Crippen molar-refractivity contribution in [1.82, 2.24) is 9.66 Å². The summed E-state index contributed by atoms with van der Waals surface area (Å²) in [6.07, 6.45) is 1.65. The summed E-state index contributed by atoms with van der Waals surface area (Å²) in [5.74, 6) is 1.36. The molecule has 0 radical (unpaired) electrons. The molecule has 2 aromatic heterocycles. The summed E-state index contributed by atoms with van der Waals surface area (Å²) < 4.78 is 6.48. The number of ether oxygens (including phenoxy) is 1. The van der Waals surface area contributed by atoms with E-state index in [1.807, 2.05) is 38.1 Å². The SMILES string of the molecule is COc1ccc(/C=N\n2c(C)nc3sc(C)c(C)c3c2=O)cc1. The number of methoxy groups -OCH3 is 1. The number of hydrogen-bond donors (Lipinski definition) is 0. The smallest absolute Gasteiger partial charge is 0.283 e. The summed E-state index contributed by atoms with van der Waals surface area (Å²) in [6.45, 7) is 5.74. The van der Waals surface area contributed by atoms with E-state index in [9.17, 15) is 4.79 Å². The van der Waals surface area contributed by atoms with Crippen molar-refractivity contribution < 1.29 is 4.74 Å². The van der Waals surface area contributed by atoms with E-state index in [0.717, 1.165) is 26.6 Å². The first-order valence-corrected chi connectivity index (χ1v) is 8.00. The highest BCUT2D eigenvalue weighted by Crippen LogP contribution is 2.26. The number of aromatic nitrogens is 2. The molecule has 0 fully saturated rings. The number of benzene rings is 1. The van der Waals surface area contributed by atoms with Crippen LogP contribution in [0.25, 0.3) is 10.2 Å². The van der Waals surface area contributed by atoms with E-state index in [2.05, 4.69) is 10.1 Å². The van der Waals surface area contributed by atoms with Crippen molar-refractivity contribution in [3.8, 4) is 5.75 Å². The molecule has 0 amide bonds. The van der Waals surface area contributed by atoms with Gasteiger partial charge in [-0.3, -0.25) is 4.79 Å². The molecule has 0 N–H and O–H groups in total. The molecule has 0 aliphatic rings. The summed E-state index contributed by atoms with van der Waals surface area (Å²) in [6, 6.07) is 7.47. The molecule has 118 valence electrons. The van der Waals surface area contributed by atoms with Gasteiger partial charge in [0, 0.05) is 4.88 Å². The third-order valence-corrected chi connectivity index (χ3v) is 4.88. The minimum atomic E-state index is -0.126. The van der Waals surface area contributed by atoms with Crippen LogP contribution in [0.1, 0.15) is 21.8 Å². The van der Waals surface area contributed by atoms with Gasteiger partial charge >= 0.3 is 0 Å². The number of aryl methyl sites for hydroxylation is 3. The molecule has 1 aromatic carbocycles. The largest absolute Gasteiger partial charge is 0.497 e. The van der Waals surface area contributed by atoms with E-state index >= 15 is 0 Å². The van der Waals surface area contributed by atoms with Crippen LogP contribution in [0, 0.1) is 20.8 Å². The highest BCUT2D eigenvalue weighted by molar-refractivity contribution is 7.18. The third-order valence-electron chi connectivity index (χ3n) is 3.78. The van der Waals surface area contributed by atoms with Crippen molar-refractivity contribution in [1.29, 1.82) is 0 Å². The highest BCUT2D eigenvalue weighted by atomic mass is 32.1. The van der Waals surface area contributed by atoms with Gasteiger partial charge in [-0.15, -0.1) is 11.3 Å². The Morgan fingerprint density at radius 3 is 2.57 bits per heavy atom. The summed E-state index contributed by atoms with van der Waals surface area (Å²) >= 11 is 1.54. The molecular weight excluding hydrogens is 310 g/mol. The number of rotatable bonds is 3. The van der Waals surface area contributed by atoms with Crippen LogP contribution in [0.5, 0.6) is 5.75 Å². The Hall–Kier alpha value is -2.47. The van der Waals surface area contributed by atoms with Crippen molar-refractivity contribution in [3.05, 3.63) is 56.4 Å². The topological polar surface area (TPSA) is 56.5 Å². The molecule has 0 saturated carbocycles. The van der Waals surface area contributed by atoms with Crippen LogP contribution in [0.2, 0.25) is 0 Å². The van der Waals surface area contributed by atoms with Crippen LogP contribution in [0.3, 0.4) is 0 Å². The predicted molar refractivity (Wildman–Crippen MR) is 94.1 cm³/mol. The number of nitrogens with zero attached hydrogens (tertiary/aromatic N) is 3. The van der Waals surface area contributed by atoms with Crippen LogP contribution in [-0.4, -0.2) is 23.0 Å². The molecule has 5 nitrogen and oxygen atoms in total. The van der Waals surface area contributed by atoms with Gasteiger partial charge in [-0.25, -0.2) is 4.98 Å². The second-order valence-corrected chi connectivity index (χ2v) is 6.46.